The number of aromatic nitrogens is 1. The Morgan fingerprint density at radius 2 is 2.15 bits per heavy atom. The molecule has 0 saturated heterocycles. The van der Waals surface area contributed by atoms with Gasteiger partial charge in [-0.25, -0.2) is 4.98 Å². The van der Waals surface area contributed by atoms with Crippen LogP contribution in [0.25, 0.3) is 0 Å². The lowest BCUT2D eigenvalue weighted by Gasteiger charge is -2.15. The molecule has 5 heteroatoms. The number of carbonyl (C=O) groups is 1. The lowest BCUT2D eigenvalue weighted by atomic mass is 10.2. The molecule has 1 aromatic heterocycles. The fraction of sp³-hybridized carbons (Fsp3) is 0.600. The first kappa shape index (κ1) is 16.3. The molecule has 0 aliphatic heterocycles. The molecule has 0 aromatic carbocycles. The van der Waals surface area contributed by atoms with Crippen molar-refractivity contribution >= 4 is 11.6 Å². The third-order valence-electron chi connectivity index (χ3n) is 2.69. The van der Waals surface area contributed by atoms with E-state index in [0.717, 1.165) is 18.5 Å². The second kappa shape index (κ2) is 8.40. The molecule has 5 nitrogen and oxygen atoms in total. The first-order chi connectivity index (χ1) is 9.52. The summed E-state index contributed by atoms with van der Waals surface area (Å²) in [6.07, 6.45) is 3.76. The Bertz CT molecular complexity index is 421. The number of nitrogens with zero attached hydrogens (tertiary/aromatic N) is 1. The first-order valence-corrected chi connectivity index (χ1v) is 7.17. The minimum Gasteiger partial charge on any atom is -0.473 e. The summed E-state index contributed by atoms with van der Waals surface area (Å²) in [7, 11) is 0. The van der Waals surface area contributed by atoms with E-state index in [9.17, 15) is 4.79 Å². The van der Waals surface area contributed by atoms with E-state index >= 15 is 0 Å². The molecular weight excluding hydrogens is 254 g/mol. The second-order valence-corrected chi connectivity index (χ2v) is 5.13. The first-order valence-electron chi connectivity index (χ1n) is 7.17. The zero-order valence-electron chi connectivity index (χ0n) is 12.8. The van der Waals surface area contributed by atoms with Crippen molar-refractivity contribution in [2.75, 3.05) is 11.9 Å². The monoisotopic (exact) mass is 279 g/mol. The Labute approximate surface area is 121 Å². The highest BCUT2D eigenvalue weighted by Gasteiger charge is 2.09. The van der Waals surface area contributed by atoms with Crippen LogP contribution in [-0.4, -0.2) is 29.6 Å². The van der Waals surface area contributed by atoms with Gasteiger partial charge in [0, 0.05) is 12.2 Å². The van der Waals surface area contributed by atoms with E-state index in [2.05, 4.69) is 22.5 Å². The van der Waals surface area contributed by atoms with Crippen molar-refractivity contribution in [2.45, 2.75) is 52.7 Å². The van der Waals surface area contributed by atoms with Crippen LogP contribution >= 0.6 is 0 Å². The van der Waals surface area contributed by atoms with Gasteiger partial charge in [0.1, 0.15) is 0 Å². The van der Waals surface area contributed by atoms with Crippen LogP contribution in [0.2, 0.25) is 0 Å². The summed E-state index contributed by atoms with van der Waals surface area (Å²) in [5.74, 6) is 0.502. The lowest BCUT2D eigenvalue weighted by molar-refractivity contribution is -0.120. The van der Waals surface area contributed by atoms with E-state index in [-0.39, 0.29) is 24.6 Å². The quantitative estimate of drug-likeness (QED) is 0.767. The summed E-state index contributed by atoms with van der Waals surface area (Å²) in [4.78, 5) is 16.0. The van der Waals surface area contributed by atoms with Crippen LogP contribution in [0.3, 0.4) is 0 Å². The predicted octanol–water partition coefficient (Wildman–Crippen LogP) is 2.59. The van der Waals surface area contributed by atoms with Crippen LogP contribution in [-0.2, 0) is 4.79 Å². The second-order valence-electron chi connectivity index (χ2n) is 5.13. The summed E-state index contributed by atoms with van der Waals surface area (Å²) < 4.78 is 5.59. The summed E-state index contributed by atoms with van der Waals surface area (Å²) in [6.45, 7) is 8.22. The van der Waals surface area contributed by atoms with E-state index in [1.54, 1.807) is 6.20 Å². The summed E-state index contributed by atoms with van der Waals surface area (Å²) >= 11 is 0. The molecule has 1 amide bonds. The Morgan fingerprint density at radius 1 is 1.40 bits per heavy atom. The highest BCUT2D eigenvalue weighted by atomic mass is 16.5. The zero-order valence-corrected chi connectivity index (χ0v) is 12.8. The summed E-state index contributed by atoms with van der Waals surface area (Å²) in [5.41, 5.74) is 0.736. The lowest BCUT2D eigenvalue weighted by Crippen LogP contribution is -2.36. The molecule has 2 N–H and O–H groups in total. The number of hydrogen-bond acceptors (Lipinski definition) is 4. The van der Waals surface area contributed by atoms with Gasteiger partial charge in [-0.1, -0.05) is 13.3 Å². The third kappa shape index (κ3) is 5.91. The smallest absolute Gasteiger partial charge is 0.239 e. The zero-order chi connectivity index (χ0) is 15.0. The van der Waals surface area contributed by atoms with Crippen molar-refractivity contribution in [1.82, 2.24) is 10.3 Å². The van der Waals surface area contributed by atoms with Crippen molar-refractivity contribution in [3.8, 4) is 5.88 Å². The van der Waals surface area contributed by atoms with E-state index in [1.165, 1.54) is 0 Å². The van der Waals surface area contributed by atoms with Gasteiger partial charge in [0.05, 0.1) is 18.3 Å². The minimum absolute atomic E-state index is 0.0229. The number of carbonyl (C=O) groups excluding carboxylic acids is 1. The number of pyridine rings is 1. The number of nitrogens with one attached hydrogen (secondary N) is 2. The van der Waals surface area contributed by atoms with Crippen LogP contribution in [0.1, 0.15) is 40.5 Å². The van der Waals surface area contributed by atoms with Crippen molar-refractivity contribution in [1.29, 1.82) is 0 Å². The van der Waals surface area contributed by atoms with Gasteiger partial charge in [-0.05, 0) is 39.3 Å². The fourth-order valence-corrected chi connectivity index (χ4v) is 1.85. The normalized spacial score (nSPS) is 12.1. The van der Waals surface area contributed by atoms with Crippen LogP contribution in [0.5, 0.6) is 5.88 Å². The van der Waals surface area contributed by atoms with Gasteiger partial charge in [0.15, 0.2) is 0 Å². The van der Waals surface area contributed by atoms with Gasteiger partial charge in [-0.15, -0.1) is 0 Å². The standard InChI is InChI=1S/C15H25N3O2/c1-5-7-12(4)18-14(19)10-17-13-8-6-9-16-15(13)20-11(2)3/h6,8-9,11-12,17H,5,7,10H2,1-4H3,(H,18,19). The van der Waals surface area contributed by atoms with Crippen molar-refractivity contribution < 1.29 is 9.53 Å². The predicted molar refractivity (Wildman–Crippen MR) is 81.0 cm³/mol. The van der Waals surface area contributed by atoms with Crippen LogP contribution in [0, 0.1) is 0 Å². The fourth-order valence-electron chi connectivity index (χ4n) is 1.85. The Hall–Kier alpha value is -1.78. The van der Waals surface area contributed by atoms with Crippen molar-refractivity contribution in [2.24, 2.45) is 0 Å². The maximum Gasteiger partial charge on any atom is 0.239 e. The van der Waals surface area contributed by atoms with E-state index < -0.39 is 0 Å². The van der Waals surface area contributed by atoms with Gasteiger partial charge in [-0.3, -0.25) is 4.79 Å². The highest BCUT2D eigenvalue weighted by Crippen LogP contribution is 2.21. The van der Waals surface area contributed by atoms with Crippen molar-refractivity contribution in [3.05, 3.63) is 18.3 Å². The number of anilines is 1. The van der Waals surface area contributed by atoms with Gasteiger partial charge < -0.3 is 15.4 Å². The average Bonchev–Trinajstić information content (AvgIpc) is 2.37. The molecule has 0 aliphatic carbocycles. The number of amides is 1. The van der Waals surface area contributed by atoms with E-state index in [4.69, 9.17) is 4.74 Å². The molecule has 0 aliphatic rings. The molecular formula is C15H25N3O2. The molecule has 1 heterocycles. The topological polar surface area (TPSA) is 63.2 Å². The molecule has 0 radical (unpaired) electrons. The van der Waals surface area contributed by atoms with E-state index in [0.29, 0.717) is 5.88 Å². The Balaban J connectivity index is 2.50. The van der Waals surface area contributed by atoms with Gasteiger partial charge in [0.2, 0.25) is 11.8 Å². The molecule has 20 heavy (non-hydrogen) atoms. The Morgan fingerprint density at radius 3 is 2.80 bits per heavy atom. The maximum atomic E-state index is 11.8. The van der Waals surface area contributed by atoms with E-state index in [1.807, 2.05) is 32.9 Å². The Kier molecular flexibility index (Phi) is 6.84. The summed E-state index contributed by atoms with van der Waals surface area (Å²) in [6, 6.07) is 3.87. The third-order valence-corrected chi connectivity index (χ3v) is 2.69. The largest absolute Gasteiger partial charge is 0.473 e. The molecule has 1 rings (SSSR count). The maximum absolute atomic E-state index is 11.8. The highest BCUT2D eigenvalue weighted by molar-refractivity contribution is 5.81. The SMILES string of the molecule is CCCC(C)NC(=O)CNc1cccnc1OC(C)C. The van der Waals surface area contributed by atoms with Crippen LogP contribution in [0.4, 0.5) is 5.69 Å². The molecule has 1 aromatic rings. The van der Waals surface area contributed by atoms with Gasteiger partial charge in [-0.2, -0.15) is 0 Å². The van der Waals surface area contributed by atoms with Crippen molar-refractivity contribution in [3.63, 3.8) is 0 Å². The van der Waals surface area contributed by atoms with Crippen LogP contribution in [0.15, 0.2) is 18.3 Å². The number of rotatable bonds is 8. The molecule has 0 bridgehead atoms. The van der Waals surface area contributed by atoms with Gasteiger partial charge in [0.25, 0.3) is 0 Å². The number of hydrogen-bond donors (Lipinski definition) is 2. The molecule has 0 fully saturated rings. The molecule has 112 valence electrons. The minimum atomic E-state index is -0.0229. The van der Waals surface area contributed by atoms with Gasteiger partial charge >= 0.3 is 0 Å². The molecule has 1 atom stereocenters. The molecule has 0 saturated carbocycles. The van der Waals surface area contributed by atoms with Crippen LogP contribution < -0.4 is 15.4 Å². The molecule has 0 spiro atoms. The number of ether oxygens (including phenoxy) is 1. The summed E-state index contributed by atoms with van der Waals surface area (Å²) in [5, 5.41) is 6.01. The average molecular weight is 279 g/mol. The molecule has 1 unspecified atom stereocenters.